The number of nitrogens with two attached hydrogens (primary N) is 1. The summed E-state index contributed by atoms with van der Waals surface area (Å²) in [5, 5.41) is 10.4. The number of carboxylic acid groups (broad SMARTS) is 1. The van der Waals surface area contributed by atoms with Gasteiger partial charge in [0.1, 0.15) is 6.54 Å². The van der Waals surface area contributed by atoms with Crippen molar-refractivity contribution in [2.45, 2.75) is 44.0 Å². The van der Waals surface area contributed by atoms with Gasteiger partial charge >= 0.3 is 5.97 Å². The van der Waals surface area contributed by atoms with Gasteiger partial charge in [0.2, 0.25) is 11.0 Å². The van der Waals surface area contributed by atoms with E-state index in [1.54, 1.807) is 12.1 Å². The Kier molecular flexibility index (Phi) is 8.38. The molecule has 0 bridgehead atoms. The van der Waals surface area contributed by atoms with Crippen LogP contribution in [0.1, 0.15) is 41.6 Å². The number of nitrogens with zero attached hydrogens (tertiary/aromatic N) is 2. The zero-order valence-electron chi connectivity index (χ0n) is 21.3. The van der Waals surface area contributed by atoms with E-state index in [0.29, 0.717) is 23.9 Å². The summed E-state index contributed by atoms with van der Waals surface area (Å²) in [5.41, 5.74) is 8.49. The molecule has 1 aromatic heterocycles. The number of aromatic nitrogens is 1. The van der Waals surface area contributed by atoms with Crippen LogP contribution in [0.3, 0.4) is 0 Å². The topological polar surface area (TPSA) is 122 Å². The summed E-state index contributed by atoms with van der Waals surface area (Å²) in [6, 6.07) is 21.2. The summed E-state index contributed by atoms with van der Waals surface area (Å²) >= 11 is 0. The number of hydrogen-bond donors (Lipinski definition) is 2. The first-order valence-electron chi connectivity index (χ1n) is 12.6. The van der Waals surface area contributed by atoms with Crippen LogP contribution in [0.15, 0.2) is 77.7 Å². The van der Waals surface area contributed by atoms with Crippen molar-refractivity contribution in [3.63, 3.8) is 0 Å². The number of carbonyl (C=O) groups excluding carboxylic acids is 1. The number of hydrogen-bond acceptors (Lipinski definition) is 5. The molecular weight excluding hydrogens is 502 g/mol. The molecule has 1 heterocycles. The molecule has 8 nitrogen and oxygen atoms in total. The SMILES string of the molecule is Cc1ccc(S(=O)(=O)N(CCCC(=O)O)C(=O)c2c3ccccc3[n+](CCCCN)c3ccccc23)cc1. The Hall–Kier alpha value is -3.82. The second-order valence-electron chi connectivity index (χ2n) is 9.25. The van der Waals surface area contributed by atoms with Gasteiger partial charge in [-0.3, -0.25) is 9.59 Å². The molecule has 198 valence electrons. The van der Waals surface area contributed by atoms with E-state index >= 15 is 0 Å². The van der Waals surface area contributed by atoms with Crippen molar-refractivity contribution in [2.75, 3.05) is 13.1 Å². The third-order valence-electron chi connectivity index (χ3n) is 6.57. The van der Waals surface area contributed by atoms with Gasteiger partial charge in [0.15, 0.2) is 0 Å². The summed E-state index contributed by atoms with van der Waals surface area (Å²) in [6.07, 6.45) is 1.44. The van der Waals surface area contributed by atoms with Gasteiger partial charge in [0.05, 0.1) is 21.2 Å². The van der Waals surface area contributed by atoms with E-state index in [2.05, 4.69) is 4.57 Å². The zero-order chi connectivity index (χ0) is 27.3. The lowest BCUT2D eigenvalue weighted by Crippen LogP contribution is -2.40. The highest BCUT2D eigenvalue weighted by atomic mass is 32.2. The summed E-state index contributed by atoms with van der Waals surface area (Å²) in [5.74, 6) is -1.74. The van der Waals surface area contributed by atoms with Crippen molar-refractivity contribution in [3.8, 4) is 0 Å². The highest BCUT2D eigenvalue weighted by molar-refractivity contribution is 7.89. The van der Waals surface area contributed by atoms with Crippen LogP contribution in [0.25, 0.3) is 21.8 Å². The Balaban J connectivity index is 1.92. The second kappa shape index (κ2) is 11.7. The second-order valence-corrected chi connectivity index (χ2v) is 11.1. The number of aryl methyl sites for hydroxylation is 2. The maximum absolute atomic E-state index is 14.3. The van der Waals surface area contributed by atoms with Crippen LogP contribution < -0.4 is 10.3 Å². The number of benzene rings is 3. The molecule has 0 atom stereocenters. The molecule has 3 N–H and O–H groups in total. The third kappa shape index (κ3) is 5.54. The molecule has 4 aromatic rings. The summed E-state index contributed by atoms with van der Waals surface area (Å²) in [6.45, 7) is 2.86. The van der Waals surface area contributed by atoms with Gasteiger partial charge in [-0.25, -0.2) is 12.7 Å². The maximum Gasteiger partial charge on any atom is 0.303 e. The van der Waals surface area contributed by atoms with Crippen LogP contribution in [-0.2, 0) is 21.4 Å². The molecule has 0 saturated heterocycles. The minimum Gasteiger partial charge on any atom is -0.481 e. The Morgan fingerprint density at radius 1 is 0.868 bits per heavy atom. The first-order chi connectivity index (χ1) is 18.3. The normalized spacial score (nSPS) is 11.6. The lowest BCUT2D eigenvalue weighted by molar-refractivity contribution is -0.645. The fourth-order valence-corrected chi connectivity index (χ4v) is 6.08. The highest BCUT2D eigenvalue weighted by Crippen LogP contribution is 2.29. The number of amides is 1. The predicted molar refractivity (Wildman–Crippen MR) is 146 cm³/mol. The van der Waals surface area contributed by atoms with Crippen LogP contribution in [-0.4, -0.2) is 42.8 Å². The number of carbonyl (C=O) groups is 2. The summed E-state index contributed by atoms with van der Waals surface area (Å²) in [7, 11) is -4.26. The molecule has 38 heavy (non-hydrogen) atoms. The van der Waals surface area contributed by atoms with Gasteiger partial charge in [-0.15, -0.1) is 0 Å². The molecule has 1 amide bonds. The molecule has 0 spiro atoms. The van der Waals surface area contributed by atoms with Crippen molar-refractivity contribution >= 4 is 43.7 Å². The van der Waals surface area contributed by atoms with Crippen LogP contribution in [0, 0.1) is 6.92 Å². The summed E-state index contributed by atoms with van der Waals surface area (Å²) in [4.78, 5) is 25.5. The lowest BCUT2D eigenvalue weighted by atomic mass is 10.0. The monoisotopic (exact) mass is 534 g/mol. The fourth-order valence-electron chi connectivity index (χ4n) is 4.67. The number of sulfonamides is 1. The van der Waals surface area contributed by atoms with Crippen LogP contribution in [0.4, 0.5) is 0 Å². The number of pyridine rings is 1. The number of rotatable bonds is 11. The van der Waals surface area contributed by atoms with E-state index in [4.69, 9.17) is 5.73 Å². The van der Waals surface area contributed by atoms with E-state index < -0.39 is 21.9 Å². The van der Waals surface area contributed by atoms with Gasteiger partial charge in [-0.05, 0) is 50.6 Å². The number of para-hydroxylation sites is 2. The quantitative estimate of drug-likeness (QED) is 0.170. The van der Waals surface area contributed by atoms with Crippen LogP contribution in [0.5, 0.6) is 0 Å². The first-order valence-corrected chi connectivity index (χ1v) is 14.1. The minimum atomic E-state index is -4.26. The standard InChI is InChI=1S/C29H31N3O5S/c1-21-14-16-22(17-15-21)38(36,37)32(20-8-13-27(33)34)29(35)28-23-9-2-4-11-25(23)31(19-7-6-18-30)26-12-5-3-10-24(26)28/h2-5,9-12,14-17H,6-8,13,18-20,30H2,1H3/p+1. The van der Waals surface area contributed by atoms with E-state index in [1.165, 1.54) is 12.1 Å². The average Bonchev–Trinajstić information content (AvgIpc) is 2.90. The lowest BCUT2D eigenvalue weighted by Gasteiger charge is -2.24. The molecule has 0 aliphatic heterocycles. The van der Waals surface area contributed by atoms with Gasteiger partial charge < -0.3 is 10.8 Å². The molecule has 0 radical (unpaired) electrons. The third-order valence-corrected chi connectivity index (χ3v) is 8.36. The molecule has 0 unspecified atom stereocenters. The van der Waals surface area contributed by atoms with Crippen LogP contribution in [0.2, 0.25) is 0 Å². The Bertz CT molecular complexity index is 1530. The van der Waals surface area contributed by atoms with Crippen molar-refractivity contribution in [2.24, 2.45) is 5.73 Å². The van der Waals surface area contributed by atoms with Crippen molar-refractivity contribution < 1.29 is 27.7 Å². The molecular formula is C29H32N3O5S+. The average molecular weight is 535 g/mol. The highest BCUT2D eigenvalue weighted by Gasteiger charge is 2.34. The van der Waals surface area contributed by atoms with Gasteiger partial charge in [-0.1, -0.05) is 42.0 Å². The van der Waals surface area contributed by atoms with Gasteiger partial charge in [0, 0.05) is 31.5 Å². The zero-order valence-corrected chi connectivity index (χ0v) is 22.2. The Morgan fingerprint density at radius 2 is 1.45 bits per heavy atom. The molecule has 0 saturated carbocycles. The molecule has 0 aliphatic carbocycles. The van der Waals surface area contributed by atoms with Gasteiger partial charge in [-0.2, -0.15) is 4.57 Å². The molecule has 9 heteroatoms. The molecule has 0 aliphatic rings. The van der Waals surface area contributed by atoms with E-state index in [-0.39, 0.29) is 29.8 Å². The number of unbranched alkanes of at least 4 members (excludes halogenated alkanes) is 1. The molecule has 3 aromatic carbocycles. The number of aliphatic carboxylic acids is 1. The van der Waals surface area contributed by atoms with E-state index in [9.17, 15) is 23.1 Å². The van der Waals surface area contributed by atoms with Crippen molar-refractivity contribution in [3.05, 3.63) is 83.9 Å². The predicted octanol–water partition coefficient (Wildman–Crippen LogP) is 4.02. The van der Waals surface area contributed by atoms with Crippen molar-refractivity contribution in [1.82, 2.24) is 4.31 Å². The molecule has 4 rings (SSSR count). The number of carboxylic acids is 1. The van der Waals surface area contributed by atoms with Crippen molar-refractivity contribution in [1.29, 1.82) is 0 Å². The van der Waals surface area contributed by atoms with Gasteiger partial charge in [0.25, 0.3) is 15.9 Å². The smallest absolute Gasteiger partial charge is 0.303 e. The fraction of sp³-hybridized carbons (Fsp3) is 0.276. The summed E-state index contributed by atoms with van der Waals surface area (Å²) < 4.78 is 30.5. The van der Waals surface area contributed by atoms with E-state index in [1.807, 2.05) is 55.5 Å². The maximum atomic E-state index is 14.3. The largest absolute Gasteiger partial charge is 0.481 e. The number of fused-ring (bicyclic) bond motifs is 2. The molecule has 0 fully saturated rings. The first kappa shape index (κ1) is 27.2. The minimum absolute atomic E-state index is 0.00600. The Labute approximate surface area is 222 Å². The Morgan fingerprint density at radius 3 is 2.00 bits per heavy atom. The van der Waals surface area contributed by atoms with E-state index in [0.717, 1.165) is 33.7 Å². The van der Waals surface area contributed by atoms with Crippen LogP contribution >= 0.6 is 0 Å².